The van der Waals surface area contributed by atoms with Gasteiger partial charge in [-0.1, -0.05) is 121 Å². The Morgan fingerprint density at radius 1 is 0.341 bits per heavy atom. The summed E-state index contributed by atoms with van der Waals surface area (Å²) in [5.41, 5.74) is 9.81. The Bertz CT molecular complexity index is 2340. The molecule has 1 nitrogen and oxygen atoms in total. The molecule has 0 amide bonds. The van der Waals surface area contributed by atoms with Crippen LogP contribution in [0.5, 0.6) is 11.5 Å². The van der Waals surface area contributed by atoms with E-state index in [1.165, 1.54) is 70.2 Å². The molecule has 1 aliphatic rings. The minimum Gasteiger partial charge on any atom is -0.456 e. The molecule has 0 spiro atoms. The molecule has 0 atom stereocenters. The quantitative estimate of drug-likeness (QED) is 0.202. The summed E-state index contributed by atoms with van der Waals surface area (Å²) in [6.45, 7) is 0. The van der Waals surface area contributed by atoms with Gasteiger partial charge in [0.2, 0.25) is 0 Å². The summed E-state index contributed by atoms with van der Waals surface area (Å²) in [5.74, 6) is 1.84. The number of benzene rings is 7. The van der Waals surface area contributed by atoms with E-state index in [2.05, 4.69) is 158 Å². The SMILES string of the molecule is c1ccc(-c2cccc3cccc(-c4ccc(-c5ccc(-c6ccc7c(c6)-c6cccc8cccc(c68)O7)s5)cc4)c23)cc1. The highest BCUT2D eigenvalue weighted by atomic mass is 32.1. The molecule has 0 aliphatic carbocycles. The largest absolute Gasteiger partial charge is 0.456 e. The fourth-order valence-electron chi connectivity index (χ4n) is 6.62. The third-order valence-corrected chi connectivity index (χ3v) is 9.90. The smallest absolute Gasteiger partial charge is 0.135 e. The van der Waals surface area contributed by atoms with Gasteiger partial charge in [-0.05, 0) is 91.5 Å². The van der Waals surface area contributed by atoms with Gasteiger partial charge in [-0.3, -0.25) is 0 Å². The van der Waals surface area contributed by atoms with Crippen molar-refractivity contribution in [2.75, 3.05) is 0 Å². The van der Waals surface area contributed by atoms with Crippen molar-refractivity contribution in [2.24, 2.45) is 0 Å². The summed E-state index contributed by atoms with van der Waals surface area (Å²) in [4.78, 5) is 2.51. The molecule has 206 valence electrons. The molecule has 1 aromatic heterocycles. The molecule has 0 saturated carbocycles. The van der Waals surface area contributed by atoms with E-state index >= 15 is 0 Å². The normalized spacial score (nSPS) is 11.8. The lowest BCUT2D eigenvalue weighted by atomic mass is 9.91. The minimum atomic E-state index is 0.913. The Balaban J connectivity index is 1.06. The highest BCUT2D eigenvalue weighted by Crippen LogP contribution is 2.48. The van der Waals surface area contributed by atoms with Crippen LogP contribution >= 0.6 is 11.3 Å². The molecule has 0 fully saturated rings. The third kappa shape index (κ3) is 4.07. The minimum absolute atomic E-state index is 0.913. The molecule has 0 N–H and O–H groups in total. The Hall–Kier alpha value is -5.44. The first kappa shape index (κ1) is 25.1. The van der Waals surface area contributed by atoms with Crippen molar-refractivity contribution in [1.82, 2.24) is 0 Å². The average molecular weight is 579 g/mol. The number of ether oxygens (including phenoxy) is 1. The van der Waals surface area contributed by atoms with Gasteiger partial charge in [-0.15, -0.1) is 11.3 Å². The molecule has 8 aromatic rings. The predicted octanol–water partition coefficient (Wildman–Crippen LogP) is 12.5. The Labute approximate surface area is 260 Å². The summed E-state index contributed by atoms with van der Waals surface area (Å²) in [5, 5.41) is 4.94. The fourth-order valence-corrected chi connectivity index (χ4v) is 7.63. The molecular weight excluding hydrogens is 553 g/mol. The molecule has 1 aliphatic heterocycles. The predicted molar refractivity (Wildman–Crippen MR) is 187 cm³/mol. The van der Waals surface area contributed by atoms with Crippen molar-refractivity contribution in [3.05, 3.63) is 158 Å². The zero-order chi connectivity index (χ0) is 29.0. The van der Waals surface area contributed by atoms with Gasteiger partial charge in [-0.2, -0.15) is 0 Å². The van der Waals surface area contributed by atoms with Crippen LogP contribution in [0.1, 0.15) is 0 Å². The lowest BCUT2D eigenvalue weighted by Crippen LogP contribution is -1.97. The molecule has 44 heavy (non-hydrogen) atoms. The van der Waals surface area contributed by atoms with Crippen molar-refractivity contribution in [3.63, 3.8) is 0 Å². The van der Waals surface area contributed by atoms with E-state index in [-0.39, 0.29) is 0 Å². The molecular formula is C42H26OS. The second kappa shape index (κ2) is 10.1. The first-order valence-electron chi connectivity index (χ1n) is 14.9. The molecule has 0 radical (unpaired) electrons. The van der Waals surface area contributed by atoms with E-state index in [1.54, 1.807) is 0 Å². The van der Waals surface area contributed by atoms with Crippen LogP contribution in [-0.4, -0.2) is 0 Å². The van der Waals surface area contributed by atoms with E-state index in [0.717, 1.165) is 17.1 Å². The second-order valence-corrected chi connectivity index (χ2v) is 12.4. The molecule has 7 aromatic carbocycles. The van der Waals surface area contributed by atoms with Crippen LogP contribution in [0.4, 0.5) is 0 Å². The highest BCUT2D eigenvalue weighted by molar-refractivity contribution is 7.18. The molecule has 2 heteroatoms. The lowest BCUT2D eigenvalue weighted by Gasteiger charge is -2.21. The van der Waals surface area contributed by atoms with E-state index in [0.29, 0.717) is 0 Å². The van der Waals surface area contributed by atoms with Gasteiger partial charge in [0.1, 0.15) is 11.5 Å². The van der Waals surface area contributed by atoms with Gasteiger partial charge in [0.15, 0.2) is 0 Å². The van der Waals surface area contributed by atoms with E-state index < -0.39 is 0 Å². The number of rotatable bonds is 4. The first-order valence-corrected chi connectivity index (χ1v) is 15.7. The number of hydrogen-bond acceptors (Lipinski definition) is 2. The zero-order valence-electron chi connectivity index (χ0n) is 23.8. The topological polar surface area (TPSA) is 9.23 Å². The van der Waals surface area contributed by atoms with Gasteiger partial charge in [0, 0.05) is 20.7 Å². The van der Waals surface area contributed by atoms with Crippen molar-refractivity contribution in [2.45, 2.75) is 0 Å². The molecule has 2 heterocycles. The Morgan fingerprint density at radius 2 is 0.909 bits per heavy atom. The summed E-state index contributed by atoms with van der Waals surface area (Å²) in [7, 11) is 0. The van der Waals surface area contributed by atoms with Crippen LogP contribution in [0.25, 0.3) is 75.8 Å². The Kier molecular flexibility index (Phi) is 5.75. The summed E-state index contributed by atoms with van der Waals surface area (Å²) in [6.07, 6.45) is 0. The van der Waals surface area contributed by atoms with Crippen LogP contribution in [0.3, 0.4) is 0 Å². The van der Waals surface area contributed by atoms with Gasteiger partial charge >= 0.3 is 0 Å². The summed E-state index contributed by atoms with van der Waals surface area (Å²) < 4.78 is 6.33. The van der Waals surface area contributed by atoms with Gasteiger partial charge in [-0.25, -0.2) is 0 Å². The maximum absolute atomic E-state index is 6.33. The molecule has 0 bridgehead atoms. The lowest BCUT2D eigenvalue weighted by molar-refractivity contribution is 0.487. The van der Waals surface area contributed by atoms with Gasteiger partial charge < -0.3 is 4.74 Å². The maximum atomic E-state index is 6.33. The van der Waals surface area contributed by atoms with Crippen LogP contribution in [-0.2, 0) is 0 Å². The number of fused-ring (bicyclic) bond motifs is 3. The first-order chi connectivity index (χ1) is 21.8. The molecule has 0 saturated heterocycles. The monoisotopic (exact) mass is 578 g/mol. The van der Waals surface area contributed by atoms with Crippen LogP contribution in [0.2, 0.25) is 0 Å². The van der Waals surface area contributed by atoms with E-state index in [9.17, 15) is 0 Å². The van der Waals surface area contributed by atoms with Gasteiger partial charge in [0.25, 0.3) is 0 Å². The Morgan fingerprint density at radius 3 is 1.64 bits per heavy atom. The van der Waals surface area contributed by atoms with E-state index in [1.807, 2.05) is 11.3 Å². The highest BCUT2D eigenvalue weighted by Gasteiger charge is 2.20. The van der Waals surface area contributed by atoms with Crippen molar-refractivity contribution < 1.29 is 4.74 Å². The number of thiophene rings is 1. The summed E-state index contributed by atoms with van der Waals surface area (Å²) in [6, 6.07) is 56.7. The average Bonchev–Trinajstić information content (AvgIpc) is 3.59. The zero-order valence-corrected chi connectivity index (χ0v) is 24.6. The van der Waals surface area contributed by atoms with Crippen LogP contribution in [0.15, 0.2) is 158 Å². The third-order valence-electron chi connectivity index (χ3n) is 8.72. The van der Waals surface area contributed by atoms with Crippen molar-refractivity contribution >= 4 is 32.9 Å². The maximum Gasteiger partial charge on any atom is 0.135 e. The standard InChI is InChI=1S/C42H26OS/c1-2-8-27(9-3-1)33-14-4-10-30-11-5-15-34(41(30)33)28-18-20-29(21-19-28)39-24-25-40(44-39)32-22-23-37-36(26-32)35-16-6-12-31-13-7-17-38(43-37)42(31)35/h1-26H. The summed E-state index contributed by atoms with van der Waals surface area (Å²) >= 11 is 1.83. The second-order valence-electron chi connectivity index (χ2n) is 11.3. The van der Waals surface area contributed by atoms with Crippen molar-refractivity contribution in [3.8, 4) is 65.8 Å². The van der Waals surface area contributed by atoms with Crippen LogP contribution in [0, 0.1) is 0 Å². The number of hydrogen-bond donors (Lipinski definition) is 0. The van der Waals surface area contributed by atoms with Gasteiger partial charge in [0.05, 0.1) is 0 Å². The molecule has 9 rings (SSSR count). The van der Waals surface area contributed by atoms with Crippen molar-refractivity contribution in [1.29, 1.82) is 0 Å². The fraction of sp³-hybridized carbons (Fsp3) is 0. The van der Waals surface area contributed by atoms with Crippen LogP contribution < -0.4 is 4.74 Å². The van der Waals surface area contributed by atoms with E-state index in [4.69, 9.17) is 4.74 Å². The molecule has 0 unspecified atom stereocenters.